The van der Waals surface area contributed by atoms with Gasteiger partial charge in [0.1, 0.15) is 11.8 Å². The number of unbranched alkanes of at least 4 members (excludes halogenated alkanes) is 1. The standard InChI is InChI=1S/C19H24BrN3O5S/c1-3-4-9-28-16(24)11-14-18(26)21-7-8-23(14)19(29)22-17(25)12-5-6-15(27-2)13(20)10-12/h5-6,10,14H,3-4,7-9,11H2,1-2H3,(H,21,26)(H,22,25,29). The lowest BCUT2D eigenvalue weighted by molar-refractivity contribution is -0.147. The number of ether oxygens (including phenoxy) is 2. The minimum atomic E-state index is -0.826. The lowest BCUT2D eigenvalue weighted by Crippen LogP contribution is -2.60. The van der Waals surface area contributed by atoms with Gasteiger partial charge in [0.15, 0.2) is 5.11 Å². The van der Waals surface area contributed by atoms with Gasteiger partial charge in [0.2, 0.25) is 5.91 Å². The van der Waals surface area contributed by atoms with E-state index in [0.717, 1.165) is 12.8 Å². The Kier molecular flexibility index (Phi) is 8.84. The van der Waals surface area contributed by atoms with Crippen LogP contribution in [-0.2, 0) is 14.3 Å². The predicted molar refractivity (Wildman–Crippen MR) is 115 cm³/mol. The predicted octanol–water partition coefficient (Wildman–Crippen LogP) is 2.01. The number of esters is 1. The van der Waals surface area contributed by atoms with Crippen molar-refractivity contribution in [2.75, 3.05) is 26.8 Å². The number of methoxy groups -OCH3 is 1. The summed E-state index contributed by atoms with van der Waals surface area (Å²) >= 11 is 8.68. The molecule has 1 atom stereocenters. The van der Waals surface area contributed by atoms with Crippen molar-refractivity contribution >= 4 is 51.0 Å². The van der Waals surface area contributed by atoms with Gasteiger partial charge < -0.3 is 19.7 Å². The molecule has 29 heavy (non-hydrogen) atoms. The van der Waals surface area contributed by atoms with Crippen LogP contribution in [0.3, 0.4) is 0 Å². The van der Waals surface area contributed by atoms with E-state index in [9.17, 15) is 14.4 Å². The van der Waals surface area contributed by atoms with Crippen LogP contribution in [-0.4, -0.2) is 60.6 Å². The van der Waals surface area contributed by atoms with Gasteiger partial charge in [-0.1, -0.05) is 13.3 Å². The number of piperazine rings is 1. The van der Waals surface area contributed by atoms with Crippen molar-refractivity contribution in [2.24, 2.45) is 0 Å². The van der Waals surface area contributed by atoms with Crippen molar-refractivity contribution in [1.29, 1.82) is 0 Å². The molecule has 2 amide bonds. The first-order valence-electron chi connectivity index (χ1n) is 9.26. The van der Waals surface area contributed by atoms with E-state index < -0.39 is 17.9 Å². The first kappa shape index (κ1) is 23.1. The number of amides is 2. The summed E-state index contributed by atoms with van der Waals surface area (Å²) in [5.74, 6) is -0.627. The minimum Gasteiger partial charge on any atom is -0.496 e. The average molecular weight is 486 g/mol. The lowest BCUT2D eigenvalue weighted by atomic mass is 10.1. The second-order valence-electron chi connectivity index (χ2n) is 6.39. The van der Waals surface area contributed by atoms with Gasteiger partial charge in [-0.3, -0.25) is 19.7 Å². The molecule has 2 rings (SSSR count). The Morgan fingerprint density at radius 3 is 2.83 bits per heavy atom. The van der Waals surface area contributed by atoms with Gasteiger partial charge in [0.05, 0.1) is 24.6 Å². The topological polar surface area (TPSA) is 97.0 Å². The molecule has 158 valence electrons. The number of benzene rings is 1. The van der Waals surface area contributed by atoms with Crippen LogP contribution in [0.5, 0.6) is 5.75 Å². The van der Waals surface area contributed by atoms with E-state index in [1.54, 1.807) is 23.1 Å². The number of halogens is 1. The Labute approximate surface area is 183 Å². The molecule has 1 aliphatic heterocycles. The number of hydrogen-bond donors (Lipinski definition) is 2. The molecule has 1 unspecified atom stereocenters. The summed E-state index contributed by atoms with van der Waals surface area (Å²) in [6.07, 6.45) is 1.53. The van der Waals surface area contributed by atoms with Crippen molar-refractivity contribution in [2.45, 2.75) is 32.2 Å². The maximum absolute atomic E-state index is 12.6. The molecule has 0 aliphatic carbocycles. The van der Waals surface area contributed by atoms with Crippen molar-refractivity contribution in [3.05, 3.63) is 28.2 Å². The maximum atomic E-state index is 12.6. The Morgan fingerprint density at radius 2 is 2.17 bits per heavy atom. The van der Waals surface area contributed by atoms with Gasteiger partial charge >= 0.3 is 5.97 Å². The van der Waals surface area contributed by atoms with E-state index in [-0.39, 0.29) is 17.4 Å². The summed E-state index contributed by atoms with van der Waals surface area (Å²) in [6, 6.07) is 4.05. The monoisotopic (exact) mass is 485 g/mol. The third kappa shape index (κ3) is 6.40. The zero-order chi connectivity index (χ0) is 21.4. The average Bonchev–Trinajstić information content (AvgIpc) is 2.69. The number of hydrogen-bond acceptors (Lipinski definition) is 6. The summed E-state index contributed by atoms with van der Waals surface area (Å²) < 4.78 is 10.9. The van der Waals surface area contributed by atoms with Crippen molar-refractivity contribution in [3.63, 3.8) is 0 Å². The van der Waals surface area contributed by atoms with Crippen molar-refractivity contribution in [3.8, 4) is 5.75 Å². The molecule has 1 fully saturated rings. The Morgan fingerprint density at radius 1 is 1.41 bits per heavy atom. The molecule has 10 heteroatoms. The number of rotatable bonds is 7. The molecule has 1 saturated heterocycles. The molecule has 0 spiro atoms. The van der Waals surface area contributed by atoms with E-state index in [1.807, 2.05) is 6.92 Å². The van der Waals surface area contributed by atoms with Crippen LogP contribution in [0.1, 0.15) is 36.5 Å². The number of carbonyl (C=O) groups is 3. The van der Waals surface area contributed by atoms with E-state index in [1.165, 1.54) is 7.11 Å². The van der Waals surface area contributed by atoms with Crippen LogP contribution in [0, 0.1) is 0 Å². The third-order valence-electron chi connectivity index (χ3n) is 4.35. The van der Waals surface area contributed by atoms with Crippen molar-refractivity contribution in [1.82, 2.24) is 15.5 Å². The van der Waals surface area contributed by atoms with E-state index in [2.05, 4.69) is 26.6 Å². The minimum absolute atomic E-state index is 0.0862. The summed E-state index contributed by atoms with van der Waals surface area (Å²) in [7, 11) is 1.53. The van der Waals surface area contributed by atoms with Gasteiger partial charge in [-0.05, 0) is 52.8 Å². The molecule has 1 aromatic carbocycles. The fourth-order valence-electron chi connectivity index (χ4n) is 2.76. The molecule has 1 heterocycles. The second kappa shape index (κ2) is 11.1. The Balaban J connectivity index is 2.04. The van der Waals surface area contributed by atoms with Gasteiger partial charge in [-0.2, -0.15) is 0 Å². The maximum Gasteiger partial charge on any atom is 0.308 e. The van der Waals surface area contributed by atoms with Crippen LogP contribution in [0.4, 0.5) is 0 Å². The molecule has 0 radical (unpaired) electrons. The number of nitrogens with one attached hydrogen (secondary N) is 2. The molecule has 1 aromatic rings. The first-order chi connectivity index (χ1) is 13.9. The molecular formula is C19H24BrN3O5S. The number of thiocarbonyl (C=S) groups is 1. The molecule has 1 aliphatic rings. The fraction of sp³-hybridized carbons (Fsp3) is 0.474. The van der Waals surface area contributed by atoms with Crippen LogP contribution >= 0.6 is 28.1 Å². The van der Waals surface area contributed by atoms with Gasteiger partial charge in [-0.25, -0.2) is 0 Å². The molecule has 0 aromatic heterocycles. The molecule has 0 saturated carbocycles. The van der Waals surface area contributed by atoms with Crippen LogP contribution < -0.4 is 15.4 Å². The molecular weight excluding hydrogens is 462 g/mol. The Bertz CT molecular complexity index is 789. The zero-order valence-electron chi connectivity index (χ0n) is 16.3. The third-order valence-corrected chi connectivity index (χ3v) is 5.30. The highest BCUT2D eigenvalue weighted by Gasteiger charge is 2.34. The summed E-state index contributed by atoms with van der Waals surface area (Å²) in [4.78, 5) is 38.5. The van der Waals surface area contributed by atoms with E-state index >= 15 is 0 Å². The number of carbonyl (C=O) groups excluding carboxylic acids is 3. The molecule has 0 bridgehead atoms. The number of nitrogens with zero attached hydrogens (tertiary/aromatic N) is 1. The highest BCUT2D eigenvalue weighted by atomic mass is 79.9. The van der Waals surface area contributed by atoms with E-state index in [4.69, 9.17) is 21.7 Å². The molecule has 2 N–H and O–H groups in total. The van der Waals surface area contributed by atoms with Gasteiger partial charge in [0.25, 0.3) is 5.91 Å². The fourth-order valence-corrected chi connectivity index (χ4v) is 3.61. The zero-order valence-corrected chi connectivity index (χ0v) is 18.7. The summed E-state index contributed by atoms with van der Waals surface area (Å²) in [5.41, 5.74) is 0.372. The quantitative estimate of drug-likeness (QED) is 0.346. The highest BCUT2D eigenvalue weighted by molar-refractivity contribution is 9.10. The normalized spacial score (nSPS) is 16.0. The Hall–Kier alpha value is -2.20. The van der Waals surface area contributed by atoms with Gasteiger partial charge in [0, 0.05) is 18.7 Å². The summed E-state index contributed by atoms with van der Waals surface area (Å²) in [5, 5.41) is 5.43. The molecule has 8 nitrogen and oxygen atoms in total. The SMILES string of the molecule is CCCCOC(=O)CC1C(=O)NCCN1C(=S)NC(=O)c1ccc(OC)c(Br)c1. The second-order valence-corrected chi connectivity index (χ2v) is 7.63. The first-order valence-corrected chi connectivity index (χ1v) is 10.5. The van der Waals surface area contributed by atoms with Crippen LogP contribution in [0.2, 0.25) is 0 Å². The largest absolute Gasteiger partial charge is 0.496 e. The van der Waals surface area contributed by atoms with Crippen LogP contribution in [0.15, 0.2) is 22.7 Å². The summed E-state index contributed by atoms with van der Waals surface area (Å²) in [6.45, 7) is 3.05. The highest BCUT2D eigenvalue weighted by Crippen LogP contribution is 2.25. The van der Waals surface area contributed by atoms with Crippen LogP contribution in [0.25, 0.3) is 0 Å². The smallest absolute Gasteiger partial charge is 0.308 e. The van der Waals surface area contributed by atoms with E-state index in [0.29, 0.717) is 35.5 Å². The van der Waals surface area contributed by atoms with Gasteiger partial charge in [-0.15, -0.1) is 0 Å². The lowest BCUT2D eigenvalue weighted by Gasteiger charge is -2.36. The van der Waals surface area contributed by atoms with Crippen molar-refractivity contribution < 1.29 is 23.9 Å².